The first-order chi connectivity index (χ1) is 10.0. The number of hydrogen-bond acceptors (Lipinski definition) is 4. The number of carbonyl (C=O) groups excluding carboxylic acids is 2. The number of hydrogen-bond donors (Lipinski definition) is 2. The van der Waals surface area contributed by atoms with Crippen molar-refractivity contribution >= 4 is 41.7 Å². The predicted octanol–water partition coefficient (Wildman–Crippen LogP) is 1.77. The quantitative estimate of drug-likeness (QED) is 0.753. The molecule has 0 aliphatic rings. The van der Waals surface area contributed by atoms with Crippen LogP contribution in [0.3, 0.4) is 0 Å². The van der Waals surface area contributed by atoms with E-state index in [1.165, 1.54) is 11.8 Å². The van der Waals surface area contributed by atoms with Gasteiger partial charge in [0.2, 0.25) is 11.8 Å². The van der Waals surface area contributed by atoms with Gasteiger partial charge in [-0.15, -0.1) is 24.2 Å². The summed E-state index contributed by atoms with van der Waals surface area (Å²) in [5.74, 6) is 0.550. The Morgan fingerprint density at radius 3 is 2.41 bits per heavy atom. The van der Waals surface area contributed by atoms with E-state index in [-0.39, 0.29) is 30.0 Å². The Labute approximate surface area is 142 Å². The monoisotopic (exact) mass is 345 g/mol. The molecular weight excluding hydrogens is 322 g/mol. The first-order valence-electron chi connectivity index (χ1n) is 6.85. The van der Waals surface area contributed by atoms with Crippen LogP contribution in [0.1, 0.15) is 5.56 Å². The van der Waals surface area contributed by atoms with Gasteiger partial charge >= 0.3 is 0 Å². The largest absolute Gasteiger partial charge is 0.344 e. The van der Waals surface area contributed by atoms with Gasteiger partial charge in [-0.2, -0.15) is 0 Å². The lowest BCUT2D eigenvalue weighted by atomic mass is 10.2. The standard InChI is InChI=1S/C15H23N3O2S.ClH/c1-12-4-6-13(7-5-12)17-14(19)10-21-11-15(20)18(3)9-8-16-2;/h4-7,16H,8-11H2,1-3H3,(H,17,19);1H. The van der Waals surface area contributed by atoms with Crippen LogP contribution in [-0.2, 0) is 9.59 Å². The van der Waals surface area contributed by atoms with Crippen molar-refractivity contribution in [2.24, 2.45) is 0 Å². The summed E-state index contributed by atoms with van der Waals surface area (Å²) < 4.78 is 0. The first-order valence-corrected chi connectivity index (χ1v) is 8.01. The van der Waals surface area contributed by atoms with Crippen molar-refractivity contribution in [3.8, 4) is 0 Å². The molecule has 0 heterocycles. The highest BCUT2D eigenvalue weighted by Gasteiger charge is 2.09. The van der Waals surface area contributed by atoms with Crippen LogP contribution in [0.25, 0.3) is 0 Å². The van der Waals surface area contributed by atoms with Gasteiger partial charge in [-0.05, 0) is 26.1 Å². The number of thioether (sulfide) groups is 1. The zero-order valence-corrected chi connectivity index (χ0v) is 14.9. The second kappa shape index (κ2) is 11.3. The third-order valence-electron chi connectivity index (χ3n) is 2.92. The van der Waals surface area contributed by atoms with Crippen LogP contribution in [0.4, 0.5) is 5.69 Å². The van der Waals surface area contributed by atoms with Crippen molar-refractivity contribution in [2.45, 2.75) is 6.92 Å². The molecule has 0 saturated carbocycles. The molecule has 0 radical (unpaired) electrons. The average Bonchev–Trinajstić information content (AvgIpc) is 2.47. The van der Waals surface area contributed by atoms with Crippen LogP contribution in [0.15, 0.2) is 24.3 Å². The van der Waals surface area contributed by atoms with Gasteiger partial charge in [0.25, 0.3) is 0 Å². The number of amides is 2. The van der Waals surface area contributed by atoms with Crippen molar-refractivity contribution in [3.63, 3.8) is 0 Å². The minimum Gasteiger partial charge on any atom is -0.344 e. The van der Waals surface area contributed by atoms with Gasteiger partial charge in [-0.3, -0.25) is 9.59 Å². The van der Waals surface area contributed by atoms with E-state index in [1.54, 1.807) is 11.9 Å². The Morgan fingerprint density at radius 2 is 1.82 bits per heavy atom. The van der Waals surface area contributed by atoms with Crippen molar-refractivity contribution < 1.29 is 9.59 Å². The fourth-order valence-electron chi connectivity index (χ4n) is 1.58. The van der Waals surface area contributed by atoms with Crippen LogP contribution in [-0.4, -0.2) is 55.4 Å². The van der Waals surface area contributed by atoms with Crippen molar-refractivity contribution in [1.29, 1.82) is 0 Å². The highest BCUT2D eigenvalue weighted by molar-refractivity contribution is 8.00. The predicted molar refractivity (Wildman–Crippen MR) is 95.9 cm³/mol. The van der Waals surface area contributed by atoms with Gasteiger partial charge in [0.1, 0.15) is 0 Å². The van der Waals surface area contributed by atoms with Crippen molar-refractivity contribution in [3.05, 3.63) is 29.8 Å². The molecule has 0 aliphatic heterocycles. The number of rotatable bonds is 8. The minimum atomic E-state index is -0.0884. The van der Waals surface area contributed by atoms with E-state index in [0.717, 1.165) is 17.8 Å². The molecule has 124 valence electrons. The molecule has 5 nitrogen and oxygen atoms in total. The summed E-state index contributed by atoms with van der Waals surface area (Å²) in [5, 5.41) is 5.81. The molecule has 0 atom stereocenters. The summed E-state index contributed by atoms with van der Waals surface area (Å²) in [6.07, 6.45) is 0. The van der Waals surface area contributed by atoms with Gasteiger partial charge in [0, 0.05) is 25.8 Å². The van der Waals surface area contributed by atoms with Crippen LogP contribution in [0.5, 0.6) is 0 Å². The van der Waals surface area contributed by atoms with Gasteiger partial charge < -0.3 is 15.5 Å². The van der Waals surface area contributed by atoms with E-state index in [2.05, 4.69) is 10.6 Å². The van der Waals surface area contributed by atoms with Crippen LogP contribution >= 0.6 is 24.2 Å². The van der Waals surface area contributed by atoms with Gasteiger partial charge in [0.15, 0.2) is 0 Å². The number of nitrogens with zero attached hydrogens (tertiary/aromatic N) is 1. The van der Waals surface area contributed by atoms with E-state index in [1.807, 2.05) is 38.2 Å². The Bertz CT molecular complexity index is 468. The Hall–Kier alpha value is -1.24. The first kappa shape index (κ1) is 20.8. The Morgan fingerprint density at radius 1 is 1.18 bits per heavy atom. The smallest absolute Gasteiger partial charge is 0.234 e. The van der Waals surface area contributed by atoms with E-state index >= 15 is 0 Å². The Balaban J connectivity index is 0.00000441. The van der Waals surface area contributed by atoms with Crippen LogP contribution in [0.2, 0.25) is 0 Å². The van der Waals surface area contributed by atoms with Gasteiger partial charge in [-0.25, -0.2) is 0 Å². The third kappa shape index (κ3) is 8.26. The van der Waals surface area contributed by atoms with Crippen molar-refractivity contribution in [1.82, 2.24) is 10.2 Å². The topological polar surface area (TPSA) is 61.4 Å². The molecule has 7 heteroatoms. The summed E-state index contributed by atoms with van der Waals surface area (Å²) in [4.78, 5) is 25.2. The maximum Gasteiger partial charge on any atom is 0.234 e. The third-order valence-corrected chi connectivity index (χ3v) is 3.83. The fourth-order valence-corrected chi connectivity index (χ4v) is 2.33. The molecule has 2 amide bonds. The number of halogens is 1. The zero-order chi connectivity index (χ0) is 15.7. The number of carbonyl (C=O) groups is 2. The van der Waals surface area contributed by atoms with Crippen LogP contribution in [0, 0.1) is 6.92 Å². The summed E-state index contributed by atoms with van der Waals surface area (Å²) in [7, 11) is 3.62. The average molecular weight is 346 g/mol. The van der Waals surface area contributed by atoms with E-state index in [0.29, 0.717) is 12.3 Å². The fraction of sp³-hybridized carbons (Fsp3) is 0.467. The lowest BCUT2D eigenvalue weighted by Gasteiger charge is -2.16. The molecule has 0 saturated heterocycles. The molecule has 1 aromatic carbocycles. The second-order valence-electron chi connectivity index (χ2n) is 4.83. The Kier molecular flexibility index (Phi) is 10.7. The molecular formula is C15H24ClN3O2S. The summed E-state index contributed by atoms with van der Waals surface area (Å²) in [6.45, 7) is 3.43. The molecule has 0 aliphatic carbocycles. The van der Waals surface area contributed by atoms with Gasteiger partial charge in [0.05, 0.1) is 11.5 Å². The second-order valence-corrected chi connectivity index (χ2v) is 5.81. The lowest BCUT2D eigenvalue weighted by Crippen LogP contribution is -2.34. The molecule has 1 aromatic rings. The maximum atomic E-state index is 11.8. The maximum absolute atomic E-state index is 11.8. The molecule has 2 N–H and O–H groups in total. The normalized spacial score (nSPS) is 9.77. The van der Waals surface area contributed by atoms with E-state index < -0.39 is 0 Å². The van der Waals surface area contributed by atoms with E-state index in [4.69, 9.17) is 0 Å². The SMILES string of the molecule is CNCCN(C)C(=O)CSCC(=O)Nc1ccc(C)cc1.Cl. The molecule has 22 heavy (non-hydrogen) atoms. The molecule has 0 unspecified atom stereocenters. The molecule has 0 bridgehead atoms. The highest BCUT2D eigenvalue weighted by Crippen LogP contribution is 2.10. The molecule has 0 spiro atoms. The van der Waals surface area contributed by atoms with Crippen LogP contribution < -0.4 is 10.6 Å². The zero-order valence-electron chi connectivity index (χ0n) is 13.2. The highest BCUT2D eigenvalue weighted by atomic mass is 35.5. The summed E-state index contributed by atoms with van der Waals surface area (Å²) in [5.41, 5.74) is 1.93. The number of nitrogens with one attached hydrogen (secondary N) is 2. The van der Waals surface area contributed by atoms with E-state index in [9.17, 15) is 9.59 Å². The molecule has 1 rings (SSSR count). The number of benzene rings is 1. The minimum absolute atomic E-state index is 0. The summed E-state index contributed by atoms with van der Waals surface area (Å²) in [6, 6.07) is 7.63. The summed E-state index contributed by atoms with van der Waals surface area (Å²) >= 11 is 1.33. The number of anilines is 1. The number of aryl methyl sites for hydroxylation is 1. The van der Waals surface area contributed by atoms with Crippen molar-refractivity contribution in [2.75, 3.05) is 44.0 Å². The molecule has 0 fully saturated rings. The van der Waals surface area contributed by atoms with Gasteiger partial charge in [-0.1, -0.05) is 17.7 Å². The number of likely N-dealkylation sites (N-methyl/N-ethyl adjacent to an activating group) is 2. The lowest BCUT2D eigenvalue weighted by molar-refractivity contribution is -0.127. The molecule has 0 aromatic heterocycles.